The second-order valence-corrected chi connectivity index (χ2v) is 10.8. The van der Waals surface area contributed by atoms with Crippen LogP contribution in [0.25, 0.3) is 0 Å². The van der Waals surface area contributed by atoms with E-state index in [1.807, 2.05) is 20.8 Å². The number of hydrogen-bond donors (Lipinski definition) is 1. The predicted molar refractivity (Wildman–Crippen MR) is 113 cm³/mol. The molecule has 30 heavy (non-hydrogen) atoms. The summed E-state index contributed by atoms with van der Waals surface area (Å²) < 4.78 is 28.8. The third-order valence-corrected chi connectivity index (χ3v) is 7.32. The van der Waals surface area contributed by atoms with Crippen LogP contribution >= 0.6 is 0 Å². The molecule has 0 radical (unpaired) electrons. The summed E-state index contributed by atoms with van der Waals surface area (Å²) in [6.07, 6.45) is 5.09. The number of anilines is 1. The van der Waals surface area contributed by atoms with Gasteiger partial charge in [0, 0.05) is 24.2 Å². The maximum absolute atomic E-state index is 12.9. The van der Waals surface area contributed by atoms with E-state index in [2.05, 4.69) is 20.8 Å². The zero-order chi connectivity index (χ0) is 21.9. The highest BCUT2D eigenvalue weighted by Gasteiger charge is 2.29. The summed E-state index contributed by atoms with van der Waals surface area (Å²) in [6.45, 7) is 5.88. The molecule has 1 fully saturated rings. The van der Waals surface area contributed by atoms with Gasteiger partial charge in [0.25, 0.3) is 0 Å². The molecule has 2 aromatic rings. The lowest BCUT2D eigenvalue weighted by Gasteiger charge is -2.30. The van der Waals surface area contributed by atoms with Gasteiger partial charge in [-0.1, -0.05) is 40.0 Å². The molecule has 3 rings (SSSR count). The zero-order valence-electron chi connectivity index (χ0n) is 18.0. The van der Waals surface area contributed by atoms with E-state index in [4.69, 9.17) is 0 Å². The Morgan fingerprint density at radius 2 is 1.80 bits per heavy atom. The average molecular weight is 435 g/mol. The Morgan fingerprint density at radius 3 is 2.40 bits per heavy atom. The molecule has 9 nitrogen and oxygen atoms in total. The molecular weight excluding hydrogens is 404 g/mol. The molecule has 1 amide bonds. The monoisotopic (exact) mass is 434 g/mol. The number of sulfonamides is 1. The van der Waals surface area contributed by atoms with Gasteiger partial charge in [0.05, 0.1) is 4.90 Å². The first kappa shape index (κ1) is 22.4. The molecular formula is C20H30N6O3S. The van der Waals surface area contributed by atoms with Crippen LogP contribution < -0.4 is 5.32 Å². The standard InChI is InChI=1S/C20H30N6O3S/c1-20(2,3)19-22-23-24-26(19)14-18(27)21-15-10-12-17(13-11-15)30(28,29)25(4)16-8-6-5-7-9-16/h10-13,16H,5-9,14H2,1-4H3,(H,21,27). The van der Waals surface area contributed by atoms with Crippen molar-refractivity contribution >= 4 is 21.6 Å². The molecule has 1 aromatic carbocycles. The summed E-state index contributed by atoms with van der Waals surface area (Å²) in [5, 5.41) is 14.3. The number of hydrogen-bond acceptors (Lipinski definition) is 6. The van der Waals surface area contributed by atoms with Crippen LogP contribution in [0.3, 0.4) is 0 Å². The Bertz CT molecular complexity index is 973. The number of tetrazole rings is 1. The smallest absolute Gasteiger partial charge is 0.246 e. The van der Waals surface area contributed by atoms with Crippen LogP contribution in [0.2, 0.25) is 0 Å². The molecule has 1 heterocycles. The summed E-state index contributed by atoms with van der Waals surface area (Å²) in [6, 6.07) is 6.31. The molecule has 10 heteroatoms. The van der Waals surface area contributed by atoms with E-state index in [1.54, 1.807) is 19.2 Å². The number of benzene rings is 1. The van der Waals surface area contributed by atoms with Crippen molar-refractivity contribution in [2.75, 3.05) is 12.4 Å². The molecule has 0 aliphatic heterocycles. The lowest BCUT2D eigenvalue weighted by Crippen LogP contribution is -2.38. The number of nitrogens with zero attached hydrogens (tertiary/aromatic N) is 5. The normalized spacial score (nSPS) is 16.0. The second kappa shape index (κ2) is 8.81. The Kier molecular flexibility index (Phi) is 6.56. The van der Waals surface area contributed by atoms with Crippen molar-refractivity contribution in [3.8, 4) is 0 Å². The Hall–Kier alpha value is -2.33. The first-order valence-corrected chi connectivity index (χ1v) is 11.7. The molecule has 1 aliphatic rings. The molecule has 1 saturated carbocycles. The van der Waals surface area contributed by atoms with Gasteiger partial charge in [0.1, 0.15) is 6.54 Å². The van der Waals surface area contributed by atoms with Crippen LogP contribution in [0.5, 0.6) is 0 Å². The first-order chi connectivity index (χ1) is 14.1. The molecule has 0 spiro atoms. The summed E-state index contributed by atoms with van der Waals surface area (Å²) in [7, 11) is -1.90. The lowest BCUT2D eigenvalue weighted by molar-refractivity contribution is -0.117. The number of amides is 1. The van der Waals surface area contributed by atoms with Gasteiger partial charge >= 0.3 is 0 Å². The van der Waals surface area contributed by atoms with Gasteiger partial charge in [0.15, 0.2) is 5.82 Å². The number of nitrogens with one attached hydrogen (secondary N) is 1. The van der Waals surface area contributed by atoms with Crippen molar-refractivity contribution in [3.63, 3.8) is 0 Å². The molecule has 0 saturated heterocycles. The molecule has 1 aromatic heterocycles. The van der Waals surface area contributed by atoms with E-state index in [0.29, 0.717) is 11.5 Å². The average Bonchev–Trinajstić information content (AvgIpc) is 3.17. The van der Waals surface area contributed by atoms with E-state index >= 15 is 0 Å². The quantitative estimate of drug-likeness (QED) is 0.748. The molecule has 0 bridgehead atoms. The molecule has 0 atom stereocenters. The fraction of sp³-hybridized carbons (Fsp3) is 0.600. The summed E-state index contributed by atoms with van der Waals surface area (Å²) in [5.41, 5.74) is 0.231. The van der Waals surface area contributed by atoms with Crippen LogP contribution in [-0.2, 0) is 26.8 Å². The molecule has 0 unspecified atom stereocenters. The SMILES string of the molecule is CN(C1CCCCC1)S(=O)(=O)c1ccc(NC(=O)Cn2nnnc2C(C)(C)C)cc1. The van der Waals surface area contributed by atoms with Crippen molar-refractivity contribution in [2.45, 2.75) is 75.8 Å². The molecule has 164 valence electrons. The second-order valence-electron chi connectivity index (χ2n) is 8.80. The number of carbonyl (C=O) groups excluding carboxylic acids is 1. The predicted octanol–water partition coefficient (Wildman–Crippen LogP) is 2.56. The Morgan fingerprint density at radius 1 is 1.17 bits per heavy atom. The van der Waals surface area contributed by atoms with E-state index in [9.17, 15) is 13.2 Å². The number of aromatic nitrogens is 4. The van der Waals surface area contributed by atoms with Gasteiger partial charge in [-0.25, -0.2) is 13.1 Å². The Labute approximate surface area is 177 Å². The van der Waals surface area contributed by atoms with Gasteiger partial charge < -0.3 is 5.32 Å². The van der Waals surface area contributed by atoms with E-state index in [0.717, 1.165) is 25.7 Å². The molecule has 1 aliphatic carbocycles. The third-order valence-electron chi connectivity index (χ3n) is 5.40. The van der Waals surface area contributed by atoms with Crippen molar-refractivity contribution in [3.05, 3.63) is 30.1 Å². The first-order valence-electron chi connectivity index (χ1n) is 10.2. The minimum Gasteiger partial charge on any atom is -0.324 e. The van der Waals surface area contributed by atoms with Crippen LogP contribution in [-0.4, -0.2) is 51.9 Å². The van der Waals surface area contributed by atoms with E-state index in [1.165, 1.54) is 27.5 Å². The number of rotatable bonds is 6. The minimum absolute atomic E-state index is 0.0237. The highest BCUT2D eigenvalue weighted by Crippen LogP contribution is 2.27. The Balaban J connectivity index is 1.65. The van der Waals surface area contributed by atoms with Crippen molar-refractivity contribution in [1.29, 1.82) is 0 Å². The fourth-order valence-electron chi connectivity index (χ4n) is 3.70. The molecule has 1 N–H and O–H groups in total. The van der Waals surface area contributed by atoms with Crippen molar-refractivity contribution < 1.29 is 13.2 Å². The summed E-state index contributed by atoms with van der Waals surface area (Å²) in [4.78, 5) is 12.6. The maximum Gasteiger partial charge on any atom is 0.246 e. The minimum atomic E-state index is -3.56. The van der Waals surface area contributed by atoms with Gasteiger partial charge in [0.2, 0.25) is 15.9 Å². The highest BCUT2D eigenvalue weighted by atomic mass is 32.2. The lowest BCUT2D eigenvalue weighted by atomic mass is 9.96. The maximum atomic E-state index is 12.9. The van der Waals surface area contributed by atoms with Gasteiger partial charge in [-0.3, -0.25) is 4.79 Å². The van der Waals surface area contributed by atoms with Crippen molar-refractivity contribution in [2.24, 2.45) is 0 Å². The summed E-state index contributed by atoms with van der Waals surface area (Å²) >= 11 is 0. The van der Waals surface area contributed by atoms with E-state index < -0.39 is 10.0 Å². The fourth-order valence-corrected chi connectivity index (χ4v) is 5.12. The van der Waals surface area contributed by atoms with Gasteiger partial charge in [-0.05, 0) is 47.5 Å². The van der Waals surface area contributed by atoms with Crippen LogP contribution in [0.1, 0.15) is 58.7 Å². The zero-order valence-corrected chi connectivity index (χ0v) is 18.8. The summed E-state index contributed by atoms with van der Waals surface area (Å²) in [5.74, 6) is 0.326. The van der Waals surface area contributed by atoms with Crippen LogP contribution in [0, 0.1) is 0 Å². The number of carbonyl (C=O) groups is 1. The van der Waals surface area contributed by atoms with Gasteiger partial charge in [-0.15, -0.1) is 5.10 Å². The van der Waals surface area contributed by atoms with Crippen molar-refractivity contribution in [1.82, 2.24) is 24.5 Å². The third kappa shape index (κ3) is 5.04. The van der Waals surface area contributed by atoms with Crippen LogP contribution in [0.15, 0.2) is 29.2 Å². The highest BCUT2D eigenvalue weighted by molar-refractivity contribution is 7.89. The largest absolute Gasteiger partial charge is 0.324 e. The topological polar surface area (TPSA) is 110 Å². The van der Waals surface area contributed by atoms with Crippen LogP contribution in [0.4, 0.5) is 5.69 Å². The van der Waals surface area contributed by atoms with E-state index in [-0.39, 0.29) is 28.8 Å². The van der Waals surface area contributed by atoms with Gasteiger partial charge in [-0.2, -0.15) is 4.31 Å².